The summed E-state index contributed by atoms with van der Waals surface area (Å²) in [7, 11) is 0.992. The summed E-state index contributed by atoms with van der Waals surface area (Å²) in [5, 5.41) is 2.96. The second kappa shape index (κ2) is 7.94. The van der Waals surface area contributed by atoms with Gasteiger partial charge in [0.15, 0.2) is 11.5 Å². The molecule has 1 rings (SSSR count). The maximum atomic E-state index is 12.0. The fourth-order valence-corrected chi connectivity index (χ4v) is 2.75. The van der Waals surface area contributed by atoms with Gasteiger partial charge in [0.1, 0.15) is 0 Å². The zero-order valence-corrected chi connectivity index (χ0v) is 13.5. The summed E-state index contributed by atoms with van der Waals surface area (Å²) in [4.78, 5) is 0. The second-order valence-corrected chi connectivity index (χ2v) is 6.03. The first-order chi connectivity index (χ1) is 9.97. The Hall–Kier alpha value is -1.67. The van der Waals surface area contributed by atoms with Crippen LogP contribution in [0.5, 0.6) is 17.2 Å². The molecule has 0 bridgehead atoms. The van der Waals surface area contributed by atoms with Crippen LogP contribution in [-0.2, 0) is 10.0 Å². The van der Waals surface area contributed by atoms with Crippen LogP contribution in [0.15, 0.2) is 12.1 Å². The van der Waals surface area contributed by atoms with Crippen LogP contribution in [0.25, 0.3) is 0 Å². The van der Waals surface area contributed by atoms with E-state index in [0.29, 0.717) is 29.5 Å². The summed E-state index contributed by atoms with van der Waals surface area (Å²) in [5.41, 5.74) is 0.362. The second-order valence-electron chi connectivity index (χ2n) is 4.19. The molecule has 0 saturated carbocycles. The first kappa shape index (κ1) is 17.4. The van der Waals surface area contributed by atoms with Gasteiger partial charge in [-0.1, -0.05) is 6.92 Å². The van der Waals surface area contributed by atoms with E-state index in [1.165, 1.54) is 21.3 Å². The van der Waals surface area contributed by atoms with Gasteiger partial charge in [-0.3, -0.25) is 4.72 Å². The predicted octanol–water partition coefficient (Wildman–Crippen LogP) is 1.06. The van der Waals surface area contributed by atoms with Gasteiger partial charge in [0.05, 0.1) is 32.8 Å². The lowest BCUT2D eigenvalue weighted by atomic mass is 10.2. The number of methoxy groups -OCH3 is 3. The fourth-order valence-electron chi connectivity index (χ4n) is 1.75. The highest BCUT2D eigenvalue weighted by molar-refractivity contribution is 7.92. The van der Waals surface area contributed by atoms with Gasteiger partial charge < -0.3 is 19.5 Å². The molecule has 0 atom stereocenters. The first-order valence-electron chi connectivity index (χ1n) is 6.48. The van der Waals surface area contributed by atoms with Gasteiger partial charge in [-0.15, -0.1) is 0 Å². The zero-order valence-electron chi connectivity index (χ0n) is 12.7. The van der Waals surface area contributed by atoms with E-state index in [4.69, 9.17) is 14.2 Å². The van der Waals surface area contributed by atoms with E-state index >= 15 is 0 Å². The summed E-state index contributed by atoms with van der Waals surface area (Å²) in [6, 6.07) is 3.10. The molecule has 2 N–H and O–H groups in total. The van der Waals surface area contributed by atoms with E-state index in [1.54, 1.807) is 12.1 Å². The summed E-state index contributed by atoms with van der Waals surface area (Å²) in [6.07, 6.45) is 0. The van der Waals surface area contributed by atoms with Crippen molar-refractivity contribution in [1.29, 1.82) is 0 Å². The minimum Gasteiger partial charge on any atom is -0.493 e. The van der Waals surface area contributed by atoms with Crippen LogP contribution in [0.3, 0.4) is 0 Å². The predicted molar refractivity (Wildman–Crippen MR) is 82.1 cm³/mol. The molecule has 0 fully saturated rings. The van der Waals surface area contributed by atoms with E-state index in [2.05, 4.69) is 10.0 Å². The average molecular weight is 318 g/mol. The molecule has 120 valence electrons. The molecular weight excluding hydrogens is 296 g/mol. The van der Waals surface area contributed by atoms with Crippen molar-refractivity contribution in [2.24, 2.45) is 0 Å². The molecule has 1 aromatic carbocycles. The molecule has 0 aliphatic rings. The molecule has 0 aromatic heterocycles. The molecule has 21 heavy (non-hydrogen) atoms. The first-order valence-corrected chi connectivity index (χ1v) is 8.13. The Bertz CT molecular complexity index is 535. The van der Waals surface area contributed by atoms with Crippen molar-refractivity contribution in [3.8, 4) is 17.2 Å². The zero-order chi connectivity index (χ0) is 15.9. The van der Waals surface area contributed by atoms with Crippen LogP contribution < -0.4 is 24.2 Å². The van der Waals surface area contributed by atoms with Crippen molar-refractivity contribution in [1.82, 2.24) is 5.32 Å². The van der Waals surface area contributed by atoms with Crippen molar-refractivity contribution >= 4 is 15.7 Å². The molecule has 0 unspecified atom stereocenters. The van der Waals surface area contributed by atoms with Gasteiger partial charge >= 0.3 is 0 Å². The van der Waals surface area contributed by atoms with E-state index in [1.807, 2.05) is 6.92 Å². The molecule has 0 aliphatic heterocycles. The van der Waals surface area contributed by atoms with Crippen molar-refractivity contribution < 1.29 is 22.6 Å². The summed E-state index contributed by atoms with van der Waals surface area (Å²) in [5.74, 6) is 1.18. The van der Waals surface area contributed by atoms with Crippen molar-refractivity contribution in [3.05, 3.63) is 12.1 Å². The number of rotatable bonds is 9. The largest absolute Gasteiger partial charge is 0.493 e. The highest BCUT2D eigenvalue weighted by Gasteiger charge is 2.16. The number of benzene rings is 1. The van der Waals surface area contributed by atoms with Crippen LogP contribution in [0.2, 0.25) is 0 Å². The SMILES string of the molecule is CCNCCS(=O)(=O)Nc1cc(OC)c(OC)c(OC)c1. The molecule has 0 aliphatic carbocycles. The number of ether oxygens (including phenoxy) is 3. The molecule has 8 heteroatoms. The number of hydrogen-bond acceptors (Lipinski definition) is 6. The monoisotopic (exact) mass is 318 g/mol. The van der Waals surface area contributed by atoms with Crippen molar-refractivity contribution in [2.45, 2.75) is 6.92 Å². The Morgan fingerprint density at radius 2 is 1.62 bits per heavy atom. The highest BCUT2D eigenvalue weighted by Crippen LogP contribution is 2.40. The Balaban J connectivity index is 2.98. The van der Waals surface area contributed by atoms with Gasteiger partial charge in [0.2, 0.25) is 15.8 Å². The molecule has 1 aromatic rings. The van der Waals surface area contributed by atoms with E-state index in [0.717, 1.165) is 6.54 Å². The fraction of sp³-hybridized carbons (Fsp3) is 0.538. The lowest BCUT2D eigenvalue weighted by Crippen LogP contribution is -2.26. The van der Waals surface area contributed by atoms with E-state index in [9.17, 15) is 8.42 Å². The highest BCUT2D eigenvalue weighted by atomic mass is 32.2. The number of nitrogens with one attached hydrogen (secondary N) is 2. The normalized spacial score (nSPS) is 11.0. The number of anilines is 1. The smallest absolute Gasteiger partial charge is 0.233 e. The Labute approximate surface area is 125 Å². The average Bonchev–Trinajstić information content (AvgIpc) is 2.45. The Kier molecular flexibility index (Phi) is 6.57. The van der Waals surface area contributed by atoms with Crippen molar-refractivity contribution in [2.75, 3.05) is 44.9 Å². The summed E-state index contributed by atoms with van der Waals surface area (Å²) < 4.78 is 42.0. The lowest BCUT2D eigenvalue weighted by molar-refractivity contribution is 0.325. The van der Waals surface area contributed by atoms with Gasteiger partial charge in [-0.25, -0.2) is 8.42 Å². The summed E-state index contributed by atoms with van der Waals surface area (Å²) >= 11 is 0. The number of hydrogen-bond donors (Lipinski definition) is 2. The standard InChI is InChI=1S/C13H22N2O5S/c1-5-14-6-7-21(16,17)15-10-8-11(18-2)13(20-4)12(9-10)19-3/h8-9,14-15H,5-7H2,1-4H3. The third-order valence-corrected chi connectivity index (χ3v) is 4.02. The maximum absolute atomic E-state index is 12.0. The molecule has 7 nitrogen and oxygen atoms in total. The third kappa shape index (κ3) is 4.98. The third-order valence-electron chi connectivity index (χ3n) is 2.74. The van der Waals surface area contributed by atoms with Crippen LogP contribution in [0.1, 0.15) is 6.92 Å². The lowest BCUT2D eigenvalue weighted by Gasteiger charge is -2.15. The van der Waals surface area contributed by atoms with Crippen LogP contribution >= 0.6 is 0 Å². The maximum Gasteiger partial charge on any atom is 0.233 e. The molecular formula is C13H22N2O5S. The Morgan fingerprint density at radius 1 is 1.05 bits per heavy atom. The number of sulfonamides is 1. The molecule has 0 heterocycles. The molecule has 0 radical (unpaired) electrons. The summed E-state index contributed by atoms with van der Waals surface area (Å²) in [6.45, 7) is 3.02. The minimum atomic E-state index is -3.44. The minimum absolute atomic E-state index is 0.0164. The van der Waals surface area contributed by atoms with Crippen molar-refractivity contribution in [3.63, 3.8) is 0 Å². The Morgan fingerprint density at radius 3 is 2.05 bits per heavy atom. The van der Waals surface area contributed by atoms with Gasteiger partial charge in [-0.2, -0.15) is 0 Å². The van der Waals surface area contributed by atoms with Gasteiger partial charge in [0.25, 0.3) is 0 Å². The topological polar surface area (TPSA) is 85.9 Å². The van der Waals surface area contributed by atoms with Crippen LogP contribution in [-0.4, -0.2) is 48.6 Å². The van der Waals surface area contributed by atoms with Gasteiger partial charge in [0, 0.05) is 18.7 Å². The van der Waals surface area contributed by atoms with E-state index in [-0.39, 0.29) is 5.75 Å². The molecule has 0 saturated heterocycles. The molecule has 0 amide bonds. The molecule has 0 spiro atoms. The van der Waals surface area contributed by atoms with E-state index < -0.39 is 10.0 Å². The quantitative estimate of drug-likeness (QED) is 0.662. The van der Waals surface area contributed by atoms with Crippen LogP contribution in [0.4, 0.5) is 5.69 Å². The van der Waals surface area contributed by atoms with Gasteiger partial charge in [-0.05, 0) is 6.54 Å². The van der Waals surface area contributed by atoms with Crippen LogP contribution in [0, 0.1) is 0 Å².